The summed E-state index contributed by atoms with van der Waals surface area (Å²) < 4.78 is 1.86. The van der Waals surface area contributed by atoms with Crippen molar-refractivity contribution in [3.63, 3.8) is 0 Å². The summed E-state index contributed by atoms with van der Waals surface area (Å²) >= 11 is 5.99. The Bertz CT molecular complexity index is 689. The molecule has 0 radical (unpaired) electrons. The minimum absolute atomic E-state index is 0.0645. The molecule has 3 heteroatoms. The minimum atomic E-state index is 0.0645. The number of fused-ring (bicyclic) bond motifs is 1. The number of rotatable bonds is 2. The summed E-state index contributed by atoms with van der Waals surface area (Å²) in [5.41, 5.74) is 0.0645. The summed E-state index contributed by atoms with van der Waals surface area (Å²) in [5.74, 6) is 0.534. The molecule has 1 aliphatic carbocycles. The van der Waals surface area contributed by atoms with Crippen molar-refractivity contribution in [3.05, 3.63) is 58.5 Å². The van der Waals surface area contributed by atoms with Gasteiger partial charge in [-0.3, -0.25) is 4.79 Å². The van der Waals surface area contributed by atoms with Crippen molar-refractivity contribution < 1.29 is 0 Å². The Kier molecular flexibility index (Phi) is 3.19. The minimum Gasteiger partial charge on any atom is -0.312 e. The molecule has 0 N–H and O–H groups in total. The highest BCUT2D eigenvalue weighted by Crippen LogP contribution is 2.34. The van der Waals surface area contributed by atoms with Crippen LogP contribution in [0.25, 0.3) is 10.8 Å². The van der Waals surface area contributed by atoms with Crippen LogP contribution in [0.4, 0.5) is 0 Å². The van der Waals surface area contributed by atoms with Crippen molar-refractivity contribution in [1.82, 2.24) is 4.57 Å². The van der Waals surface area contributed by atoms with Crippen LogP contribution in [0, 0.1) is 5.92 Å². The molecule has 1 heterocycles. The highest BCUT2D eigenvalue weighted by atomic mass is 35.5. The monoisotopic (exact) mass is 273 g/mol. The molecule has 0 unspecified atom stereocenters. The quantitative estimate of drug-likeness (QED) is 0.752. The molecule has 0 spiro atoms. The summed E-state index contributed by atoms with van der Waals surface area (Å²) in [6.45, 7) is 3.85. The Hall–Kier alpha value is -1.54. The Balaban J connectivity index is 2.08. The second kappa shape index (κ2) is 4.86. The summed E-state index contributed by atoms with van der Waals surface area (Å²) in [5, 5.41) is 2.26. The second-order valence-electron chi connectivity index (χ2n) is 5.22. The van der Waals surface area contributed by atoms with Crippen molar-refractivity contribution in [2.45, 2.75) is 25.3 Å². The van der Waals surface area contributed by atoms with Gasteiger partial charge in [0.15, 0.2) is 0 Å². The third-order valence-corrected chi connectivity index (χ3v) is 4.30. The summed E-state index contributed by atoms with van der Waals surface area (Å²) in [7, 11) is 0. The molecule has 1 fully saturated rings. The Morgan fingerprint density at radius 3 is 2.89 bits per heavy atom. The van der Waals surface area contributed by atoms with Crippen molar-refractivity contribution in [1.29, 1.82) is 0 Å². The van der Waals surface area contributed by atoms with Crippen LogP contribution in [0.5, 0.6) is 0 Å². The summed E-state index contributed by atoms with van der Waals surface area (Å²) in [4.78, 5) is 12.5. The molecule has 0 aliphatic heterocycles. The molecule has 0 amide bonds. The van der Waals surface area contributed by atoms with Crippen LogP contribution in [0.3, 0.4) is 0 Å². The van der Waals surface area contributed by atoms with E-state index in [1.807, 2.05) is 35.0 Å². The normalized spacial score (nSPS) is 22.8. The van der Waals surface area contributed by atoms with Crippen LogP contribution in [0.2, 0.25) is 5.02 Å². The van der Waals surface area contributed by atoms with Gasteiger partial charge in [0.05, 0.1) is 0 Å². The highest BCUT2D eigenvalue weighted by Gasteiger charge is 2.24. The maximum absolute atomic E-state index is 12.5. The first-order valence-corrected chi connectivity index (χ1v) is 7.00. The van der Waals surface area contributed by atoms with Crippen molar-refractivity contribution in [3.8, 4) is 0 Å². The van der Waals surface area contributed by atoms with Crippen molar-refractivity contribution >= 4 is 22.4 Å². The molecular weight excluding hydrogens is 258 g/mol. The van der Waals surface area contributed by atoms with Crippen LogP contribution < -0.4 is 5.56 Å². The fourth-order valence-corrected chi connectivity index (χ4v) is 3.14. The van der Waals surface area contributed by atoms with Gasteiger partial charge in [0.1, 0.15) is 0 Å². The zero-order chi connectivity index (χ0) is 13.4. The van der Waals surface area contributed by atoms with E-state index in [2.05, 4.69) is 6.58 Å². The molecule has 3 rings (SSSR count). The number of hydrogen-bond acceptors (Lipinski definition) is 1. The molecular formula is C16H16ClNO. The molecule has 0 bridgehead atoms. The molecule has 1 aromatic carbocycles. The van der Waals surface area contributed by atoms with Gasteiger partial charge in [-0.1, -0.05) is 23.7 Å². The number of allylic oxidation sites excluding steroid dienone is 1. The molecule has 98 valence electrons. The smallest absolute Gasteiger partial charge is 0.258 e. The zero-order valence-corrected chi connectivity index (χ0v) is 11.4. The van der Waals surface area contributed by atoms with E-state index in [-0.39, 0.29) is 5.56 Å². The fourth-order valence-electron chi connectivity index (χ4n) is 2.97. The van der Waals surface area contributed by atoms with Gasteiger partial charge in [0.2, 0.25) is 0 Å². The van der Waals surface area contributed by atoms with Crippen molar-refractivity contribution in [2.75, 3.05) is 0 Å². The number of aromatic nitrogens is 1. The molecule has 1 saturated carbocycles. The number of benzene rings is 1. The molecule has 2 atom stereocenters. The van der Waals surface area contributed by atoms with Gasteiger partial charge in [-0.25, -0.2) is 0 Å². The number of hydrogen-bond donors (Lipinski definition) is 0. The SMILES string of the molecule is C=C[C@H]1CC[C@H](n2ccc3ccc(Cl)cc3c2=O)C1. The average molecular weight is 274 g/mol. The van der Waals surface area contributed by atoms with E-state index in [4.69, 9.17) is 11.6 Å². The van der Waals surface area contributed by atoms with Gasteiger partial charge in [-0.05, 0) is 48.8 Å². The van der Waals surface area contributed by atoms with E-state index in [0.29, 0.717) is 22.4 Å². The highest BCUT2D eigenvalue weighted by molar-refractivity contribution is 6.31. The van der Waals surface area contributed by atoms with Crippen molar-refractivity contribution in [2.24, 2.45) is 5.92 Å². The molecule has 2 aromatic rings. The first-order chi connectivity index (χ1) is 9.19. The van der Waals surface area contributed by atoms with E-state index in [1.54, 1.807) is 6.07 Å². The Labute approximate surface area is 117 Å². The number of halogens is 1. The third kappa shape index (κ3) is 2.21. The van der Waals surface area contributed by atoms with Crippen LogP contribution in [0.1, 0.15) is 25.3 Å². The summed E-state index contributed by atoms with van der Waals surface area (Å²) in [6.07, 6.45) is 7.09. The molecule has 0 saturated heterocycles. The van der Waals surface area contributed by atoms with Crippen LogP contribution >= 0.6 is 11.6 Å². The lowest BCUT2D eigenvalue weighted by Gasteiger charge is -2.14. The lowest BCUT2D eigenvalue weighted by atomic mass is 10.1. The Morgan fingerprint density at radius 1 is 1.32 bits per heavy atom. The lowest BCUT2D eigenvalue weighted by molar-refractivity contribution is 0.494. The maximum atomic E-state index is 12.5. The number of nitrogens with zero attached hydrogens (tertiary/aromatic N) is 1. The molecule has 1 aliphatic rings. The third-order valence-electron chi connectivity index (χ3n) is 4.07. The van der Waals surface area contributed by atoms with E-state index >= 15 is 0 Å². The van der Waals surface area contributed by atoms with Gasteiger partial charge in [-0.2, -0.15) is 0 Å². The molecule has 19 heavy (non-hydrogen) atoms. The van der Waals surface area contributed by atoms with E-state index < -0.39 is 0 Å². The van der Waals surface area contributed by atoms with Crippen LogP contribution in [-0.2, 0) is 0 Å². The molecule has 2 nitrogen and oxygen atoms in total. The van der Waals surface area contributed by atoms with Crippen LogP contribution in [-0.4, -0.2) is 4.57 Å². The van der Waals surface area contributed by atoms with Gasteiger partial charge in [0, 0.05) is 22.6 Å². The largest absolute Gasteiger partial charge is 0.312 e. The molecule has 1 aromatic heterocycles. The van der Waals surface area contributed by atoms with Crippen LogP contribution in [0.15, 0.2) is 47.9 Å². The van der Waals surface area contributed by atoms with E-state index in [1.165, 1.54) is 0 Å². The standard InChI is InChI=1S/C16H16ClNO/c1-2-11-3-6-14(9-11)18-8-7-12-4-5-13(17)10-15(12)16(18)19/h2,4-5,7-8,10-11,14H,1,3,6,9H2/t11-,14-/m0/s1. The van der Waals surface area contributed by atoms with E-state index in [9.17, 15) is 4.79 Å². The van der Waals surface area contributed by atoms with E-state index in [0.717, 1.165) is 24.6 Å². The predicted octanol–water partition coefficient (Wildman–Crippen LogP) is 4.18. The lowest BCUT2D eigenvalue weighted by Crippen LogP contribution is -2.23. The first-order valence-electron chi connectivity index (χ1n) is 6.62. The van der Waals surface area contributed by atoms with Gasteiger partial charge in [-0.15, -0.1) is 6.58 Å². The predicted molar refractivity (Wildman–Crippen MR) is 79.8 cm³/mol. The fraction of sp³-hybridized carbons (Fsp3) is 0.312. The average Bonchev–Trinajstić information content (AvgIpc) is 2.88. The van der Waals surface area contributed by atoms with Gasteiger partial charge < -0.3 is 4.57 Å². The van der Waals surface area contributed by atoms with Gasteiger partial charge >= 0.3 is 0 Å². The summed E-state index contributed by atoms with van der Waals surface area (Å²) in [6, 6.07) is 7.75. The number of pyridine rings is 1. The maximum Gasteiger partial charge on any atom is 0.258 e. The Morgan fingerprint density at radius 2 is 2.16 bits per heavy atom. The second-order valence-corrected chi connectivity index (χ2v) is 5.66. The zero-order valence-electron chi connectivity index (χ0n) is 10.7. The van der Waals surface area contributed by atoms with Gasteiger partial charge in [0.25, 0.3) is 5.56 Å². The first kappa shape index (κ1) is 12.5. The topological polar surface area (TPSA) is 22.0 Å².